The maximum atomic E-state index is 11.7. The summed E-state index contributed by atoms with van der Waals surface area (Å²) in [6.07, 6.45) is 0.223. The van der Waals surface area contributed by atoms with Gasteiger partial charge < -0.3 is 10.6 Å². The molecule has 1 atom stereocenters. The molecule has 0 aliphatic heterocycles. The molecule has 2 amide bonds. The van der Waals surface area contributed by atoms with Crippen LogP contribution in [-0.4, -0.2) is 23.7 Å². The number of halogens is 1. The molecule has 0 saturated carbocycles. The van der Waals surface area contributed by atoms with Gasteiger partial charge in [0.2, 0.25) is 11.8 Å². The van der Waals surface area contributed by atoms with E-state index in [1.807, 2.05) is 24.3 Å². The molecule has 0 aliphatic rings. The number of nitrogens with one attached hydrogen (secondary N) is 2. The normalized spacial score (nSPS) is 12.1. The molecule has 5 heteroatoms. The molecule has 0 spiro atoms. The van der Waals surface area contributed by atoms with Crippen molar-refractivity contribution in [2.45, 2.75) is 38.5 Å². The van der Waals surface area contributed by atoms with E-state index >= 15 is 0 Å². The van der Waals surface area contributed by atoms with Crippen molar-refractivity contribution in [1.29, 1.82) is 0 Å². The fourth-order valence-electron chi connectivity index (χ4n) is 1.61. The van der Waals surface area contributed by atoms with Crippen molar-refractivity contribution in [2.75, 3.05) is 11.9 Å². The quantitative estimate of drug-likeness (QED) is 0.793. The highest BCUT2D eigenvalue weighted by molar-refractivity contribution is 6.30. The number of anilines is 1. The van der Waals surface area contributed by atoms with Crippen LogP contribution < -0.4 is 10.6 Å². The van der Waals surface area contributed by atoms with Crippen LogP contribution in [0, 0.1) is 0 Å². The van der Waals surface area contributed by atoms with Gasteiger partial charge in [-0.3, -0.25) is 9.59 Å². The van der Waals surface area contributed by atoms with Gasteiger partial charge in [0.15, 0.2) is 0 Å². The number of amides is 2. The van der Waals surface area contributed by atoms with Gasteiger partial charge in [0.25, 0.3) is 0 Å². The Balaban J connectivity index is 2.37. The summed E-state index contributed by atoms with van der Waals surface area (Å²) in [7, 11) is 0. The minimum Gasteiger partial charge on any atom is -0.354 e. The number of carbonyl (C=O) groups is 2. The molecule has 2 N–H and O–H groups in total. The molecule has 0 fully saturated rings. The van der Waals surface area contributed by atoms with Crippen molar-refractivity contribution in [3.63, 3.8) is 0 Å². The summed E-state index contributed by atoms with van der Waals surface area (Å²) in [6.45, 7) is 6.11. The van der Waals surface area contributed by atoms with Crippen LogP contribution in [0.25, 0.3) is 0 Å². The lowest BCUT2D eigenvalue weighted by Gasteiger charge is -2.09. The average Bonchev–Trinajstić information content (AvgIpc) is 2.39. The van der Waals surface area contributed by atoms with E-state index in [2.05, 4.69) is 24.5 Å². The fourth-order valence-corrected chi connectivity index (χ4v) is 1.69. The molecule has 1 rings (SSSR count). The van der Waals surface area contributed by atoms with Gasteiger partial charge in [-0.25, -0.2) is 0 Å². The Kier molecular flexibility index (Phi) is 6.52. The smallest absolute Gasteiger partial charge is 0.237 e. The molecular weight excluding hydrogens is 276 g/mol. The maximum absolute atomic E-state index is 11.7. The molecule has 0 aliphatic carbocycles. The Labute approximate surface area is 124 Å². The maximum Gasteiger partial charge on any atom is 0.237 e. The average molecular weight is 297 g/mol. The van der Waals surface area contributed by atoms with Crippen molar-refractivity contribution in [1.82, 2.24) is 5.32 Å². The third kappa shape index (κ3) is 5.61. The second kappa shape index (κ2) is 7.90. The highest BCUT2D eigenvalue weighted by Gasteiger charge is 2.09. The summed E-state index contributed by atoms with van der Waals surface area (Å²) in [5.74, 6) is 0.0677. The highest BCUT2D eigenvalue weighted by Crippen LogP contribution is 2.17. The first-order valence-corrected chi connectivity index (χ1v) is 7.15. The summed E-state index contributed by atoms with van der Waals surface area (Å²) in [6, 6.07) is 7.76. The van der Waals surface area contributed by atoms with E-state index < -0.39 is 5.38 Å². The summed E-state index contributed by atoms with van der Waals surface area (Å²) < 4.78 is 0. The predicted molar refractivity (Wildman–Crippen MR) is 82.1 cm³/mol. The molecule has 0 saturated heterocycles. The lowest BCUT2D eigenvalue weighted by Crippen LogP contribution is -2.32. The van der Waals surface area contributed by atoms with E-state index in [-0.39, 0.29) is 24.8 Å². The summed E-state index contributed by atoms with van der Waals surface area (Å²) in [4.78, 5) is 22.9. The van der Waals surface area contributed by atoms with Gasteiger partial charge in [0.05, 0.1) is 0 Å². The topological polar surface area (TPSA) is 58.2 Å². The molecule has 0 bridgehead atoms. The summed E-state index contributed by atoms with van der Waals surface area (Å²) in [5.41, 5.74) is 1.99. The third-order valence-corrected chi connectivity index (χ3v) is 3.07. The van der Waals surface area contributed by atoms with Crippen LogP contribution in [0.3, 0.4) is 0 Å². The van der Waals surface area contributed by atoms with Gasteiger partial charge >= 0.3 is 0 Å². The van der Waals surface area contributed by atoms with Crippen molar-refractivity contribution in [3.05, 3.63) is 29.8 Å². The van der Waals surface area contributed by atoms with Gasteiger partial charge in [-0.1, -0.05) is 26.0 Å². The summed E-state index contributed by atoms with van der Waals surface area (Å²) >= 11 is 5.60. The van der Waals surface area contributed by atoms with Crippen molar-refractivity contribution in [2.24, 2.45) is 0 Å². The first-order chi connectivity index (χ1) is 9.40. The van der Waals surface area contributed by atoms with E-state index in [0.717, 1.165) is 5.69 Å². The molecule has 0 aromatic heterocycles. The van der Waals surface area contributed by atoms with Gasteiger partial charge in [-0.15, -0.1) is 11.6 Å². The second-order valence-corrected chi connectivity index (χ2v) is 5.64. The third-order valence-electron chi connectivity index (χ3n) is 2.87. The zero-order valence-corrected chi connectivity index (χ0v) is 12.8. The van der Waals surface area contributed by atoms with Crippen LogP contribution in [-0.2, 0) is 9.59 Å². The Morgan fingerprint density at radius 2 is 1.75 bits per heavy atom. The predicted octanol–water partition coefficient (Wildman–Crippen LogP) is 2.88. The van der Waals surface area contributed by atoms with Crippen LogP contribution >= 0.6 is 11.6 Å². The van der Waals surface area contributed by atoms with E-state index in [4.69, 9.17) is 11.6 Å². The van der Waals surface area contributed by atoms with Crippen LogP contribution in [0.2, 0.25) is 0 Å². The molecule has 110 valence electrons. The van der Waals surface area contributed by atoms with Gasteiger partial charge in [-0.2, -0.15) is 0 Å². The van der Waals surface area contributed by atoms with Crippen LogP contribution in [0.15, 0.2) is 24.3 Å². The van der Waals surface area contributed by atoms with Gasteiger partial charge in [-0.05, 0) is 30.5 Å². The van der Waals surface area contributed by atoms with E-state index in [1.54, 1.807) is 6.92 Å². The molecular formula is C15H21ClN2O2. The van der Waals surface area contributed by atoms with Crippen LogP contribution in [0.1, 0.15) is 38.7 Å². The number of benzene rings is 1. The molecule has 4 nitrogen and oxygen atoms in total. The zero-order valence-electron chi connectivity index (χ0n) is 12.1. The Bertz CT molecular complexity index is 455. The molecule has 1 aromatic carbocycles. The van der Waals surface area contributed by atoms with E-state index in [1.165, 1.54) is 5.56 Å². The van der Waals surface area contributed by atoms with Gasteiger partial charge in [0.1, 0.15) is 5.38 Å². The molecule has 0 unspecified atom stereocenters. The molecule has 20 heavy (non-hydrogen) atoms. The number of hydrogen-bond donors (Lipinski definition) is 2. The lowest BCUT2D eigenvalue weighted by atomic mass is 10.0. The molecule has 0 radical (unpaired) electrons. The fraction of sp³-hybridized carbons (Fsp3) is 0.467. The van der Waals surface area contributed by atoms with E-state index in [0.29, 0.717) is 5.92 Å². The highest BCUT2D eigenvalue weighted by atomic mass is 35.5. The Morgan fingerprint density at radius 3 is 2.25 bits per heavy atom. The molecule has 1 aromatic rings. The van der Waals surface area contributed by atoms with Crippen LogP contribution in [0.5, 0.6) is 0 Å². The van der Waals surface area contributed by atoms with Crippen molar-refractivity contribution < 1.29 is 9.59 Å². The number of carbonyl (C=O) groups excluding carboxylic acids is 2. The first kappa shape index (κ1) is 16.5. The SMILES string of the molecule is CC(C)c1ccc(NC(=O)CCNC(=O)[C@@H](C)Cl)cc1. The zero-order chi connectivity index (χ0) is 15.1. The second-order valence-electron chi connectivity index (χ2n) is 4.98. The standard InChI is InChI=1S/C15H21ClN2O2/c1-10(2)12-4-6-13(7-5-12)18-14(19)8-9-17-15(20)11(3)16/h4-7,10-11H,8-9H2,1-3H3,(H,17,20)(H,18,19)/t11-/m1/s1. The largest absolute Gasteiger partial charge is 0.354 e. The first-order valence-electron chi connectivity index (χ1n) is 6.71. The van der Waals surface area contributed by atoms with Crippen molar-refractivity contribution >= 4 is 29.1 Å². The number of alkyl halides is 1. The van der Waals surface area contributed by atoms with Gasteiger partial charge in [0, 0.05) is 18.7 Å². The number of rotatable bonds is 6. The van der Waals surface area contributed by atoms with E-state index in [9.17, 15) is 9.59 Å². The minimum absolute atomic E-state index is 0.134. The lowest BCUT2D eigenvalue weighted by molar-refractivity contribution is -0.120. The minimum atomic E-state index is -0.582. The van der Waals surface area contributed by atoms with Crippen LogP contribution in [0.4, 0.5) is 5.69 Å². The monoisotopic (exact) mass is 296 g/mol. The van der Waals surface area contributed by atoms with Crippen molar-refractivity contribution in [3.8, 4) is 0 Å². The Morgan fingerprint density at radius 1 is 1.15 bits per heavy atom. The number of hydrogen-bond acceptors (Lipinski definition) is 2. The summed E-state index contributed by atoms with van der Waals surface area (Å²) in [5, 5.41) is 4.80. The Hall–Kier alpha value is -1.55. The molecule has 0 heterocycles.